The number of carbonyl (C=O) groups is 2. The Bertz CT molecular complexity index is 472. The Labute approximate surface area is 111 Å². The fraction of sp³-hybridized carbons (Fsp3) is 0.385. The van der Waals surface area contributed by atoms with E-state index in [9.17, 15) is 9.59 Å². The molecule has 6 heteroatoms. The summed E-state index contributed by atoms with van der Waals surface area (Å²) in [6, 6.07) is 4.94. The second-order valence-electron chi connectivity index (χ2n) is 4.06. The molecular formula is C13H17NO5. The third-order valence-electron chi connectivity index (χ3n) is 2.58. The highest BCUT2D eigenvalue weighted by atomic mass is 16.5. The van der Waals surface area contributed by atoms with Crippen molar-refractivity contribution in [3.63, 3.8) is 0 Å². The van der Waals surface area contributed by atoms with E-state index in [-0.39, 0.29) is 12.3 Å². The van der Waals surface area contributed by atoms with E-state index in [2.05, 4.69) is 5.32 Å². The lowest BCUT2D eigenvalue weighted by Crippen LogP contribution is -2.22. The molecule has 0 heterocycles. The summed E-state index contributed by atoms with van der Waals surface area (Å²) < 4.78 is 10.2. The van der Waals surface area contributed by atoms with Crippen LogP contribution in [0.1, 0.15) is 13.3 Å². The molecule has 0 aliphatic carbocycles. The summed E-state index contributed by atoms with van der Waals surface area (Å²) >= 11 is 0. The number of hydrogen-bond acceptors (Lipinski definition) is 4. The first-order valence-electron chi connectivity index (χ1n) is 5.72. The molecule has 1 unspecified atom stereocenters. The number of anilines is 1. The Morgan fingerprint density at radius 2 is 1.89 bits per heavy atom. The average Bonchev–Trinajstić information content (AvgIpc) is 2.37. The van der Waals surface area contributed by atoms with Gasteiger partial charge in [0.05, 0.1) is 20.6 Å². The van der Waals surface area contributed by atoms with E-state index in [4.69, 9.17) is 14.6 Å². The molecule has 19 heavy (non-hydrogen) atoms. The van der Waals surface area contributed by atoms with Crippen LogP contribution in [0.4, 0.5) is 5.69 Å². The molecule has 1 aromatic carbocycles. The minimum absolute atomic E-state index is 0.209. The number of carbonyl (C=O) groups excluding carboxylic acids is 1. The van der Waals surface area contributed by atoms with Crippen molar-refractivity contribution in [2.75, 3.05) is 19.5 Å². The van der Waals surface area contributed by atoms with Crippen LogP contribution in [0.25, 0.3) is 0 Å². The van der Waals surface area contributed by atoms with E-state index in [1.807, 2.05) is 0 Å². The zero-order valence-corrected chi connectivity index (χ0v) is 11.1. The zero-order valence-electron chi connectivity index (χ0n) is 11.1. The van der Waals surface area contributed by atoms with Gasteiger partial charge in [0.15, 0.2) is 11.5 Å². The van der Waals surface area contributed by atoms with E-state index in [1.54, 1.807) is 25.1 Å². The maximum atomic E-state index is 11.8. The van der Waals surface area contributed by atoms with Gasteiger partial charge >= 0.3 is 5.97 Å². The molecule has 0 bridgehead atoms. The molecule has 1 aromatic rings. The second kappa shape index (κ2) is 6.63. The monoisotopic (exact) mass is 267 g/mol. The Balaban J connectivity index is 2.77. The van der Waals surface area contributed by atoms with Crippen molar-refractivity contribution in [1.29, 1.82) is 0 Å². The van der Waals surface area contributed by atoms with Gasteiger partial charge < -0.3 is 19.9 Å². The summed E-state index contributed by atoms with van der Waals surface area (Å²) in [4.78, 5) is 22.3. The number of ether oxygens (including phenoxy) is 2. The smallest absolute Gasteiger partial charge is 0.304 e. The molecule has 6 nitrogen and oxygen atoms in total. The predicted molar refractivity (Wildman–Crippen MR) is 69.6 cm³/mol. The van der Waals surface area contributed by atoms with Crippen LogP contribution in [-0.4, -0.2) is 31.2 Å². The first-order valence-corrected chi connectivity index (χ1v) is 5.72. The van der Waals surface area contributed by atoms with Crippen molar-refractivity contribution in [2.24, 2.45) is 5.92 Å². The second-order valence-corrected chi connectivity index (χ2v) is 4.06. The lowest BCUT2D eigenvalue weighted by atomic mass is 10.1. The topological polar surface area (TPSA) is 84.9 Å². The number of carboxylic acid groups (broad SMARTS) is 1. The fourth-order valence-electron chi connectivity index (χ4n) is 1.53. The van der Waals surface area contributed by atoms with E-state index in [1.165, 1.54) is 14.2 Å². The fourth-order valence-corrected chi connectivity index (χ4v) is 1.53. The molecule has 1 amide bonds. The lowest BCUT2D eigenvalue weighted by Gasteiger charge is -2.12. The summed E-state index contributed by atoms with van der Waals surface area (Å²) in [5.41, 5.74) is 0.528. The van der Waals surface area contributed by atoms with E-state index >= 15 is 0 Å². The molecule has 1 atom stereocenters. The standard InChI is InChI=1S/C13H17NO5/c1-8(6-12(15)16)13(17)14-9-4-5-10(18-2)11(7-9)19-3/h4-5,7-8H,6H2,1-3H3,(H,14,17)(H,15,16). The number of nitrogens with one attached hydrogen (secondary N) is 1. The van der Waals surface area contributed by atoms with Crippen LogP contribution in [-0.2, 0) is 9.59 Å². The Hall–Kier alpha value is -2.24. The van der Waals surface area contributed by atoms with Crippen molar-refractivity contribution in [1.82, 2.24) is 0 Å². The molecule has 0 spiro atoms. The molecule has 0 fully saturated rings. The molecule has 0 aliphatic rings. The van der Waals surface area contributed by atoms with Gasteiger partial charge in [0.1, 0.15) is 0 Å². The van der Waals surface area contributed by atoms with Gasteiger partial charge in [-0.05, 0) is 12.1 Å². The summed E-state index contributed by atoms with van der Waals surface area (Å²) in [6.07, 6.45) is -0.209. The molecule has 0 radical (unpaired) electrons. The van der Waals surface area contributed by atoms with Gasteiger partial charge in [-0.2, -0.15) is 0 Å². The number of methoxy groups -OCH3 is 2. The molecule has 1 rings (SSSR count). The molecule has 0 aliphatic heterocycles. The molecule has 104 valence electrons. The van der Waals surface area contributed by atoms with Gasteiger partial charge in [0, 0.05) is 17.7 Å². The number of rotatable bonds is 6. The Morgan fingerprint density at radius 1 is 1.26 bits per heavy atom. The number of aliphatic carboxylic acids is 1. The highest BCUT2D eigenvalue weighted by Crippen LogP contribution is 2.29. The summed E-state index contributed by atoms with van der Waals surface area (Å²) in [6.45, 7) is 1.56. The van der Waals surface area contributed by atoms with Crippen LogP contribution >= 0.6 is 0 Å². The minimum atomic E-state index is -1.00. The molecular weight excluding hydrogens is 250 g/mol. The van der Waals surface area contributed by atoms with Gasteiger partial charge in [0.25, 0.3) is 0 Å². The Morgan fingerprint density at radius 3 is 2.42 bits per heavy atom. The van der Waals surface area contributed by atoms with Crippen molar-refractivity contribution >= 4 is 17.6 Å². The summed E-state index contributed by atoms with van der Waals surface area (Å²) in [5, 5.41) is 11.3. The highest BCUT2D eigenvalue weighted by Gasteiger charge is 2.17. The van der Waals surface area contributed by atoms with Crippen LogP contribution in [0.5, 0.6) is 11.5 Å². The molecule has 0 saturated carbocycles. The quantitative estimate of drug-likeness (QED) is 0.820. The van der Waals surface area contributed by atoms with Gasteiger partial charge in [-0.3, -0.25) is 9.59 Å². The van der Waals surface area contributed by atoms with E-state index in [0.29, 0.717) is 17.2 Å². The van der Waals surface area contributed by atoms with Crippen LogP contribution < -0.4 is 14.8 Å². The number of benzene rings is 1. The highest BCUT2D eigenvalue weighted by molar-refractivity contribution is 5.94. The SMILES string of the molecule is COc1ccc(NC(=O)C(C)CC(=O)O)cc1OC. The Kier molecular flexibility index (Phi) is 5.17. The van der Waals surface area contributed by atoms with Crippen LogP contribution in [0.3, 0.4) is 0 Å². The number of amides is 1. The molecule has 2 N–H and O–H groups in total. The van der Waals surface area contributed by atoms with E-state index in [0.717, 1.165) is 0 Å². The van der Waals surface area contributed by atoms with Crippen LogP contribution in [0, 0.1) is 5.92 Å². The van der Waals surface area contributed by atoms with Crippen molar-refractivity contribution in [3.8, 4) is 11.5 Å². The normalized spacial score (nSPS) is 11.5. The summed E-state index contributed by atoms with van der Waals surface area (Å²) in [5.74, 6) is -0.916. The predicted octanol–water partition coefficient (Wildman–Crippen LogP) is 1.75. The van der Waals surface area contributed by atoms with Crippen LogP contribution in [0.2, 0.25) is 0 Å². The first kappa shape index (κ1) is 14.8. The van der Waals surface area contributed by atoms with Crippen molar-refractivity contribution in [2.45, 2.75) is 13.3 Å². The summed E-state index contributed by atoms with van der Waals surface area (Å²) in [7, 11) is 3.02. The van der Waals surface area contributed by atoms with Gasteiger partial charge in [-0.1, -0.05) is 6.92 Å². The lowest BCUT2D eigenvalue weighted by molar-refractivity contribution is -0.139. The zero-order chi connectivity index (χ0) is 14.4. The van der Waals surface area contributed by atoms with Crippen molar-refractivity contribution < 1.29 is 24.2 Å². The number of carboxylic acids is 1. The third-order valence-corrected chi connectivity index (χ3v) is 2.58. The largest absolute Gasteiger partial charge is 0.493 e. The molecule has 0 aromatic heterocycles. The van der Waals surface area contributed by atoms with Gasteiger partial charge in [0.2, 0.25) is 5.91 Å². The van der Waals surface area contributed by atoms with Crippen molar-refractivity contribution in [3.05, 3.63) is 18.2 Å². The van der Waals surface area contributed by atoms with E-state index < -0.39 is 11.9 Å². The minimum Gasteiger partial charge on any atom is -0.493 e. The average molecular weight is 267 g/mol. The third kappa shape index (κ3) is 4.17. The number of hydrogen-bond donors (Lipinski definition) is 2. The maximum absolute atomic E-state index is 11.8. The molecule has 0 saturated heterocycles. The van der Waals surface area contributed by atoms with Gasteiger partial charge in [-0.25, -0.2) is 0 Å². The maximum Gasteiger partial charge on any atom is 0.304 e. The van der Waals surface area contributed by atoms with Gasteiger partial charge in [-0.15, -0.1) is 0 Å². The van der Waals surface area contributed by atoms with Crippen LogP contribution in [0.15, 0.2) is 18.2 Å². The first-order chi connectivity index (χ1) is 8.97.